The maximum Gasteiger partial charge on any atom is 0.240 e. The smallest absolute Gasteiger partial charge is 0.240 e. The third kappa shape index (κ3) is 4.13. The van der Waals surface area contributed by atoms with Gasteiger partial charge in [-0.2, -0.15) is 0 Å². The van der Waals surface area contributed by atoms with Gasteiger partial charge in [-0.3, -0.25) is 9.69 Å². The number of fused-ring (bicyclic) bond motifs is 1. The van der Waals surface area contributed by atoms with E-state index >= 15 is 0 Å². The molecular formula is C30H33N3O2. The van der Waals surface area contributed by atoms with Crippen LogP contribution in [0.1, 0.15) is 23.1 Å². The highest BCUT2D eigenvalue weighted by Gasteiger charge is 2.64. The minimum atomic E-state index is -0.581. The zero-order chi connectivity index (χ0) is 23.8. The molecule has 3 saturated heterocycles. The van der Waals surface area contributed by atoms with E-state index in [0.717, 1.165) is 38.0 Å². The van der Waals surface area contributed by atoms with E-state index in [0.29, 0.717) is 24.4 Å². The number of carbonyl (C=O) groups is 1. The summed E-state index contributed by atoms with van der Waals surface area (Å²) < 4.78 is 0. The maximum absolute atomic E-state index is 14.0. The zero-order valence-electron chi connectivity index (χ0n) is 19.9. The Morgan fingerprint density at radius 2 is 1.63 bits per heavy atom. The van der Waals surface area contributed by atoms with Crippen LogP contribution in [-0.4, -0.2) is 40.6 Å². The molecule has 1 aliphatic carbocycles. The molecule has 4 aliphatic rings. The normalized spacial score (nSPS) is 29.3. The summed E-state index contributed by atoms with van der Waals surface area (Å²) in [7, 11) is 0. The van der Waals surface area contributed by atoms with Crippen molar-refractivity contribution >= 4 is 5.91 Å². The molecule has 35 heavy (non-hydrogen) atoms. The number of phenols is 1. The molecule has 1 amide bonds. The van der Waals surface area contributed by atoms with Gasteiger partial charge in [0, 0.05) is 38.1 Å². The van der Waals surface area contributed by atoms with Gasteiger partial charge in [0.2, 0.25) is 5.91 Å². The summed E-state index contributed by atoms with van der Waals surface area (Å²) in [6.07, 6.45) is 1.69. The third-order valence-electron chi connectivity index (χ3n) is 8.54. The lowest BCUT2D eigenvalue weighted by molar-refractivity contribution is -0.138. The highest BCUT2D eigenvalue weighted by molar-refractivity contribution is 5.87. The number of piperidine rings is 2. The number of amides is 1. The fraction of sp³-hybridized carbons (Fsp3) is 0.367. The van der Waals surface area contributed by atoms with Crippen molar-refractivity contribution in [3.63, 3.8) is 0 Å². The largest absolute Gasteiger partial charge is 0.508 e. The average Bonchev–Trinajstić information content (AvgIpc) is 3.19. The van der Waals surface area contributed by atoms with Crippen molar-refractivity contribution in [1.82, 2.24) is 15.5 Å². The molecule has 5 nitrogen and oxygen atoms in total. The molecule has 0 radical (unpaired) electrons. The molecule has 3 aliphatic heterocycles. The molecule has 1 saturated carbocycles. The minimum absolute atomic E-state index is 0.125. The number of aromatic hydroxyl groups is 1. The molecule has 4 bridgehead atoms. The summed E-state index contributed by atoms with van der Waals surface area (Å²) in [5.41, 5.74) is 3.03. The van der Waals surface area contributed by atoms with E-state index in [1.807, 2.05) is 30.3 Å². The number of hydrogen-bond acceptors (Lipinski definition) is 4. The van der Waals surface area contributed by atoms with E-state index < -0.39 is 5.54 Å². The van der Waals surface area contributed by atoms with Crippen LogP contribution in [0.5, 0.6) is 5.75 Å². The lowest BCUT2D eigenvalue weighted by Gasteiger charge is -2.56. The summed E-state index contributed by atoms with van der Waals surface area (Å²) in [4.78, 5) is 16.6. The van der Waals surface area contributed by atoms with Gasteiger partial charge < -0.3 is 15.7 Å². The summed E-state index contributed by atoms with van der Waals surface area (Å²) in [6, 6.07) is 28.7. The monoisotopic (exact) mass is 467 g/mol. The van der Waals surface area contributed by atoms with Gasteiger partial charge in [0.25, 0.3) is 0 Å². The van der Waals surface area contributed by atoms with E-state index in [9.17, 15) is 9.90 Å². The highest BCUT2D eigenvalue weighted by atomic mass is 16.3. The molecule has 0 aromatic heterocycles. The number of nitrogens with zero attached hydrogens (tertiary/aromatic N) is 1. The molecule has 180 valence electrons. The first-order valence-electron chi connectivity index (χ1n) is 12.8. The number of likely N-dealkylation sites (tertiary alicyclic amines) is 1. The third-order valence-corrected chi connectivity index (χ3v) is 8.54. The molecule has 0 spiro atoms. The number of carbonyl (C=O) groups excluding carboxylic acids is 1. The predicted molar refractivity (Wildman–Crippen MR) is 137 cm³/mol. The van der Waals surface area contributed by atoms with Crippen LogP contribution in [0.4, 0.5) is 0 Å². The molecule has 3 aromatic carbocycles. The number of benzene rings is 3. The summed E-state index contributed by atoms with van der Waals surface area (Å²) in [5, 5.41) is 16.8. The predicted octanol–water partition coefficient (Wildman–Crippen LogP) is 3.73. The zero-order valence-corrected chi connectivity index (χ0v) is 19.9. The van der Waals surface area contributed by atoms with Crippen LogP contribution in [0.2, 0.25) is 0 Å². The van der Waals surface area contributed by atoms with Crippen LogP contribution < -0.4 is 10.6 Å². The van der Waals surface area contributed by atoms with Crippen LogP contribution in [0.3, 0.4) is 0 Å². The van der Waals surface area contributed by atoms with Gasteiger partial charge in [0.15, 0.2) is 0 Å². The molecular weight excluding hydrogens is 434 g/mol. The fourth-order valence-electron chi connectivity index (χ4n) is 6.97. The molecule has 5 unspecified atom stereocenters. The second-order valence-electron chi connectivity index (χ2n) is 10.5. The number of rotatable bonds is 7. The summed E-state index contributed by atoms with van der Waals surface area (Å²) in [5.74, 6) is 1.65. The lowest BCUT2D eigenvalue weighted by atomic mass is 9.58. The summed E-state index contributed by atoms with van der Waals surface area (Å²) >= 11 is 0. The number of phenolic OH excluding ortho intramolecular Hbond substituents is 1. The van der Waals surface area contributed by atoms with Gasteiger partial charge in [-0.1, -0.05) is 72.8 Å². The molecule has 5 heteroatoms. The van der Waals surface area contributed by atoms with Gasteiger partial charge in [-0.15, -0.1) is 0 Å². The van der Waals surface area contributed by atoms with Crippen molar-refractivity contribution in [2.24, 2.45) is 17.8 Å². The Labute approximate surface area is 207 Å². The van der Waals surface area contributed by atoms with Crippen LogP contribution in [-0.2, 0) is 24.3 Å². The Kier molecular flexibility index (Phi) is 5.83. The van der Waals surface area contributed by atoms with Gasteiger partial charge in [-0.05, 0) is 53.5 Å². The Morgan fingerprint density at radius 1 is 0.943 bits per heavy atom. The Bertz CT molecular complexity index is 1170. The molecule has 3 N–H and O–H groups in total. The first kappa shape index (κ1) is 22.3. The topological polar surface area (TPSA) is 64.6 Å². The van der Waals surface area contributed by atoms with E-state index in [1.165, 1.54) is 11.1 Å². The highest BCUT2D eigenvalue weighted by Crippen LogP contribution is 2.53. The van der Waals surface area contributed by atoms with Crippen molar-refractivity contribution in [3.05, 3.63) is 102 Å². The van der Waals surface area contributed by atoms with Gasteiger partial charge in [0.1, 0.15) is 11.3 Å². The van der Waals surface area contributed by atoms with Crippen molar-refractivity contribution in [2.75, 3.05) is 13.1 Å². The Hall–Kier alpha value is -3.15. The van der Waals surface area contributed by atoms with Gasteiger partial charge in [0.05, 0.1) is 0 Å². The minimum Gasteiger partial charge on any atom is -0.508 e. The average molecular weight is 468 g/mol. The molecule has 3 aromatic rings. The van der Waals surface area contributed by atoms with Crippen LogP contribution in [0.15, 0.2) is 84.9 Å². The summed E-state index contributed by atoms with van der Waals surface area (Å²) in [6.45, 7) is 3.41. The first-order valence-corrected chi connectivity index (χ1v) is 12.8. The van der Waals surface area contributed by atoms with Crippen LogP contribution >= 0.6 is 0 Å². The van der Waals surface area contributed by atoms with E-state index in [-0.39, 0.29) is 17.6 Å². The van der Waals surface area contributed by atoms with Crippen molar-refractivity contribution < 1.29 is 9.90 Å². The SMILES string of the molecule is O=C(NCc1ccccc1)C12CC3CN(Cc4ccccc4)C(C3CN1)C2Cc1ccc(O)cc1. The van der Waals surface area contributed by atoms with Crippen molar-refractivity contribution in [1.29, 1.82) is 0 Å². The Balaban J connectivity index is 1.31. The number of hydrogen-bond donors (Lipinski definition) is 3. The standard InChI is InChI=1S/C30H33N3O2/c34-25-13-11-21(12-14-25)15-27-28-26-18-32-30(27,29(35)31-17-22-7-3-1-4-8-22)16-24(26)20-33(28)19-23-9-5-2-6-10-23/h1-14,24,26-28,32,34H,15-20H2,(H,31,35). The molecule has 4 fully saturated rings. The van der Waals surface area contributed by atoms with Crippen molar-refractivity contribution in [2.45, 2.75) is 37.5 Å². The van der Waals surface area contributed by atoms with Crippen molar-refractivity contribution in [3.8, 4) is 5.75 Å². The first-order chi connectivity index (χ1) is 17.1. The quantitative estimate of drug-likeness (QED) is 0.496. The van der Waals surface area contributed by atoms with Gasteiger partial charge in [-0.25, -0.2) is 0 Å². The van der Waals surface area contributed by atoms with E-state index in [1.54, 1.807) is 12.1 Å². The Morgan fingerprint density at radius 3 is 2.34 bits per heavy atom. The van der Waals surface area contributed by atoms with E-state index in [4.69, 9.17) is 0 Å². The van der Waals surface area contributed by atoms with Crippen LogP contribution in [0, 0.1) is 17.8 Å². The van der Waals surface area contributed by atoms with E-state index in [2.05, 4.69) is 58.0 Å². The van der Waals surface area contributed by atoms with Crippen LogP contribution in [0.25, 0.3) is 0 Å². The second-order valence-corrected chi connectivity index (χ2v) is 10.5. The second kappa shape index (κ2) is 9.14. The fourth-order valence-corrected chi connectivity index (χ4v) is 6.97. The number of nitrogens with one attached hydrogen (secondary N) is 2. The lowest BCUT2D eigenvalue weighted by Crippen LogP contribution is -2.74. The maximum atomic E-state index is 14.0. The van der Waals surface area contributed by atoms with Gasteiger partial charge >= 0.3 is 0 Å². The molecule has 5 atom stereocenters. The molecule has 7 rings (SSSR count). The molecule has 3 heterocycles.